The summed E-state index contributed by atoms with van der Waals surface area (Å²) in [5.41, 5.74) is 8.18. The van der Waals surface area contributed by atoms with Crippen molar-refractivity contribution in [3.63, 3.8) is 0 Å². The minimum atomic E-state index is -3.54. The quantitative estimate of drug-likeness (QED) is 0.911. The van der Waals surface area contributed by atoms with Crippen LogP contribution in [0.25, 0.3) is 0 Å². The molecule has 0 spiro atoms. The highest BCUT2D eigenvalue weighted by Crippen LogP contribution is 2.16. The summed E-state index contributed by atoms with van der Waals surface area (Å²) in [6.07, 6.45) is 1.35. The smallest absolute Gasteiger partial charge is 0.244 e. The van der Waals surface area contributed by atoms with E-state index in [1.54, 1.807) is 13.1 Å². The van der Waals surface area contributed by atoms with Gasteiger partial charge in [0.25, 0.3) is 0 Å². The second-order valence-electron chi connectivity index (χ2n) is 4.94. The molecule has 1 heterocycles. The standard InChI is InChI=1S/C15H19N3O2S/c1-12-4-3-5-13(8-12)11-18(2)21(19,20)15-7-6-14(9-16)17-10-15/h3-8,10H,9,11,16H2,1-2H3. The first-order chi connectivity index (χ1) is 9.93. The molecule has 0 aliphatic rings. The monoisotopic (exact) mass is 305 g/mol. The molecule has 2 rings (SSSR count). The lowest BCUT2D eigenvalue weighted by Gasteiger charge is -2.17. The Kier molecular flexibility index (Phi) is 4.72. The minimum absolute atomic E-state index is 0.176. The number of pyridine rings is 1. The molecule has 0 amide bonds. The van der Waals surface area contributed by atoms with E-state index in [2.05, 4.69) is 4.98 Å². The predicted molar refractivity (Wildman–Crippen MR) is 82.0 cm³/mol. The first-order valence-electron chi connectivity index (χ1n) is 6.60. The van der Waals surface area contributed by atoms with Crippen molar-refractivity contribution in [1.82, 2.24) is 9.29 Å². The van der Waals surface area contributed by atoms with E-state index < -0.39 is 10.0 Å². The Labute approximate surface area is 125 Å². The largest absolute Gasteiger partial charge is 0.325 e. The fraction of sp³-hybridized carbons (Fsp3) is 0.267. The molecule has 0 bridgehead atoms. The molecule has 2 N–H and O–H groups in total. The first kappa shape index (κ1) is 15.6. The van der Waals surface area contributed by atoms with Gasteiger partial charge in [0.05, 0.1) is 5.69 Å². The number of aromatic nitrogens is 1. The zero-order valence-corrected chi connectivity index (χ0v) is 13.0. The van der Waals surface area contributed by atoms with Crippen LogP contribution >= 0.6 is 0 Å². The van der Waals surface area contributed by atoms with Gasteiger partial charge >= 0.3 is 0 Å². The topological polar surface area (TPSA) is 76.3 Å². The molecule has 1 aromatic heterocycles. The van der Waals surface area contributed by atoms with Gasteiger partial charge in [-0.25, -0.2) is 8.42 Å². The highest BCUT2D eigenvalue weighted by atomic mass is 32.2. The molecule has 21 heavy (non-hydrogen) atoms. The Morgan fingerprint density at radius 3 is 2.57 bits per heavy atom. The van der Waals surface area contributed by atoms with Gasteiger partial charge in [-0.3, -0.25) is 4.98 Å². The molecule has 0 unspecified atom stereocenters. The molecule has 1 aromatic carbocycles. The second kappa shape index (κ2) is 6.34. The van der Waals surface area contributed by atoms with Gasteiger partial charge in [0.2, 0.25) is 10.0 Å². The van der Waals surface area contributed by atoms with E-state index in [1.165, 1.54) is 16.6 Å². The third-order valence-electron chi connectivity index (χ3n) is 3.20. The van der Waals surface area contributed by atoms with Crippen LogP contribution < -0.4 is 5.73 Å². The van der Waals surface area contributed by atoms with Crippen molar-refractivity contribution in [3.8, 4) is 0 Å². The molecule has 0 saturated heterocycles. The van der Waals surface area contributed by atoms with Crippen LogP contribution in [-0.2, 0) is 23.1 Å². The number of sulfonamides is 1. The Bertz CT molecular complexity index is 712. The average molecular weight is 305 g/mol. The summed E-state index contributed by atoms with van der Waals surface area (Å²) in [6.45, 7) is 2.59. The van der Waals surface area contributed by atoms with E-state index >= 15 is 0 Å². The van der Waals surface area contributed by atoms with Gasteiger partial charge in [-0.15, -0.1) is 0 Å². The van der Waals surface area contributed by atoms with E-state index in [0.29, 0.717) is 18.8 Å². The Hall–Kier alpha value is -1.76. The summed E-state index contributed by atoms with van der Waals surface area (Å²) >= 11 is 0. The van der Waals surface area contributed by atoms with Gasteiger partial charge in [0.1, 0.15) is 4.90 Å². The van der Waals surface area contributed by atoms with E-state index in [4.69, 9.17) is 5.73 Å². The molecule has 112 valence electrons. The number of hydrogen-bond donors (Lipinski definition) is 1. The van der Waals surface area contributed by atoms with Crippen molar-refractivity contribution in [1.29, 1.82) is 0 Å². The molecule has 0 atom stereocenters. The maximum atomic E-state index is 12.5. The normalized spacial score (nSPS) is 11.8. The van der Waals surface area contributed by atoms with Crippen LogP contribution in [0.5, 0.6) is 0 Å². The third-order valence-corrected chi connectivity index (χ3v) is 4.99. The summed E-state index contributed by atoms with van der Waals surface area (Å²) in [5, 5.41) is 0. The number of nitrogens with two attached hydrogens (primary N) is 1. The zero-order chi connectivity index (χ0) is 15.5. The number of benzene rings is 1. The number of hydrogen-bond acceptors (Lipinski definition) is 4. The molecule has 0 aliphatic carbocycles. The highest BCUT2D eigenvalue weighted by molar-refractivity contribution is 7.89. The molecule has 0 fully saturated rings. The van der Waals surface area contributed by atoms with Crippen molar-refractivity contribution in [2.75, 3.05) is 7.05 Å². The van der Waals surface area contributed by atoms with Gasteiger partial charge in [-0.05, 0) is 24.6 Å². The van der Waals surface area contributed by atoms with Gasteiger partial charge in [0, 0.05) is 26.3 Å². The highest BCUT2D eigenvalue weighted by Gasteiger charge is 2.21. The number of rotatable bonds is 5. The molecule has 0 aliphatic heterocycles. The lowest BCUT2D eigenvalue weighted by molar-refractivity contribution is 0.466. The van der Waals surface area contributed by atoms with Gasteiger partial charge in [-0.1, -0.05) is 29.8 Å². The van der Waals surface area contributed by atoms with Crippen LogP contribution in [-0.4, -0.2) is 24.8 Å². The van der Waals surface area contributed by atoms with Gasteiger partial charge in [0.15, 0.2) is 0 Å². The van der Waals surface area contributed by atoms with E-state index in [-0.39, 0.29) is 4.90 Å². The van der Waals surface area contributed by atoms with Crippen molar-refractivity contribution in [2.24, 2.45) is 5.73 Å². The third kappa shape index (κ3) is 3.66. The molecule has 2 aromatic rings. The van der Waals surface area contributed by atoms with E-state index in [1.807, 2.05) is 31.2 Å². The van der Waals surface area contributed by atoms with Crippen LogP contribution in [0.15, 0.2) is 47.5 Å². The Morgan fingerprint density at radius 1 is 1.24 bits per heavy atom. The Balaban J connectivity index is 2.21. The van der Waals surface area contributed by atoms with Crippen molar-refractivity contribution >= 4 is 10.0 Å². The molecular weight excluding hydrogens is 286 g/mol. The average Bonchev–Trinajstić information content (AvgIpc) is 2.47. The first-order valence-corrected chi connectivity index (χ1v) is 8.04. The molecular formula is C15H19N3O2S. The van der Waals surface area contributed by atoms with E-state index in [9.17, 15) is 8.42 Å². The van der Waals surface area contributed by atoms with Crippen LogP contribution in [0, 0.1) is 6.92 Å². The van der Waals surface area contributed by atoms with Crippen molar-refractivity contribution in [3.05, 3.63) is 59.4 Å². The lowest BCUT2D eigenvalue weighted by atomic mass is 10.1. The van der Waals surface area contributed by atoms with Crippen molar-refractivity contribution in [2.45, 2.75) is 24.9 Å². The zero-order valence-electron chi connectivity index (χ0n) is 12.2. The maximum absolute atomic E-state index is 12.5. The summed E-state index contributed by atoms with van der Waals surface area (Å²) in [5.74, 6) is 0. The predicted octanol–water partition coefficient (Wildman–Crippen LogP) is 1.67. The fourth-order valence-electron chi connectivity index (χ4n) is 2.02. The van der Waals surface area contributed by atoms with Gasteiger partial charge in [-0.2, -0.15) is 4.31 Å². The minimum Gasteiger partial charge on any atom is -0.325 e. The second-order valence-corrected chi connectivity index (χ2v) is 6.98. The van der Waals surface area contributed by atoms with Crippen molar-refractivity contribution < 1.29 is 8.42 Å². The molecule has 5 nitrogen and oxygen atoms in total. The summed E-state index contributed by atoms with van der Waals surface area (Å²) in [7, 11) is -1.98. The fourth-order valence-corrected chi connectivity index (χ4v) is 3.12. The summed E-state index contributed by atoms with van der Waals surface area (Å²) in [6, 6.07) is 11.0. The molecule has 0 saturated carbocycles. The molecule has 0 radical (unpaired) electrons. The SMILES string of the molecule is Cc1cccc(CN(C)S(=O)(=O)c2ccc(CN)nc2)c1. The Morgan fingerprint density at radius 2 is 2.00 bits per heavy atom. The lowest BCUT2D eigenvalue weighted by Crippen LogP contribution is -2.26. The number of nitrogens with zero attached hydrogens (tertiary/aromatic N) is 2. The maximum Gasteiger partial charge on any atom is 0.244 e. The van der Waals surface area contributed by atoms with Crippen LogP contribution in [0.3, 0.4) is 0 Å². The van der Waals surface area contributed by atoms with Gasteiger partial charge < -0.3 is 5.73 Å². The van der Waals surface area contributed by atoms with Crippen LogP contribution in [0.4, 0.5) is 0 Å². The van der Waals surface area contributed by atoms with Crippen LogP contribution in [0.2, 0.25) is 0 Å². The summed E-state index contributed by atoms with van der Waals surface area (Å²) in [4.78, 5) is 4.21. The van der Waals surface area contributed by atoms with E-state index in [0.717, 1.165) is 11.1 Å². The molecule has 6 heteroatoms. The van der Waals surface area contributed by atoms with Crippen LogP contribution in [0.1, 0.15) is 16.8 Å². The number of aryl methyl sites for hydroxylation is 1. The summed E-state index contributed by atoms with van der Waals surface area (Å²) < 4.78 is 26.3.